The second kappa shape index (κ2) is 7.16. The van der Waals surface area contributed by atoms with Gasteiger partial charge in [0, 0.05) is 29.9 Å². The van der Waals surface area contributed by atoms with Gasteiger partial charge in [0.15, 0.2) is 11.6 Å². The summed E-state index contributed by atoms with van der Waals surface area (Å²) in [5.41, 5.74) is 2.27. The molecule has 0 amide bonds. The molecule has 0 radical (unpaired) electrons. The summed E-state index contributed by atoms with van der Waals surface area (Å²) in [5, 5.41) is 11.7. The maximum Gasteiger partial charge on any atom is 0.293 e. The number of para-hydroxylation sites is 1. The first-order valence-electron chi connectivity index (χ1n) is 8.94. The van der Waals surface area contributed by atoms with Crippen molar-refractivity contribution in [3.05, 3.63) is 105 Å². The minimum Gasteiger partial charge on any atom is -0.339 e. The average Bonchev–Trinajstić information content (AvgIpc) is 2.99. The van der Waals surface area contributed by atoms with Gasteiger partial charge >= 0.3 is 0 Å². The summed E-state index contributed by atoms with van der Waals surface area (Å²) in [6.45, 7) is 0. The first-order valence-corrected chi connectivity index (χ1v) is 8.94. The predicted molar refractivity (Wildman–Crippen MR) is 111 cm³/mol. The van der Waals surface area contributed by atoms with Gasteiger partial charge in [-0.3, -0.25) is 19.7 Å². The highest BCUT2D eigenvalue weighted by molar-refractivity contribution is 6.41. The van der Waals surface area contributed by atoms with E-state index in [1.54, 1.807) is 48.3 Å². The van der Waals surface area contributed by atoms with Crippen molar-refractivity contribution < 1.29 is 14.5 Å². The summed E-state index contributed by atoms with van der Waals surface area (Å²) < 4.78 is 0. The van der Waals surface area contributed by atoms with E-state index >= 15 is 0 Å². The molecule has 0 atom stereocenters. The summed E-state index contributed by atoms with van der Waals surface area (Å²) in [7, 11) is 1.75. The van der Waals surface area contributed by atoms with Crippen LogP contribution < -0.4 is 4.90 Å². The van der Waals surface area contributed by atoms with Crippen LogP contribution in [0.1, 0.15) is 26.3 Å². The van der Waals surface area contributed by atoms with E-state index < -0.39 is 4.92 Å². The second-order valence-electron chi connectivity index (χ2n) is 6.66. The fourth-order valence-corrected chi connectivity index (χ4v) is 3.42. The Labute approximate surface area is 166 Å². The van der Waals surface area contributed by atoms with Gasteiger partial charge in [0.05, 0.1) is 10.5 Å². The maximum absolute atomic E-state index is 12.6. The number of hydrogen-bond acceptors (Lipinski definition) is 5. The lowest BCUT2D eigenvalue weighted by atomic mass is 10.1. The van der Waals surface area contributed by atoms with Crippen molar-refractivity contribution in [2.45, 2.75) is 0 Å². The Hall–Kier alpha value is -4.06. The molecule has 1 aliphatic rings. The number of fused-ring (bicyclic) bond motifs is 1. The zero-order valence-electron chi connectivity index (χ0n) is 15.5. The molecule has 0 spiro atoms. The fraction of sp³-hybridized carbons (Fsp3) is 0.0435. The van der Waals surface area contributed by atoms with Crippen molar-refractivity contribution in [1.29, 1.82) is 0 Å². The molecule has 4 rings (SSSR count). The van der Waals surface area contributed by atoms with Gasteiger partial charge in [-0.15, -0.1) is 0 Å². The number of rotatable bonds is 4. The fourth-order valence-electron chi connectivity index (χ4n) is 3.42. The Balaban J connectivity index is 1.75. The number of nitro benzene ring substituents is 1. The Kier molecular flexibility index (Phi) is 4.52. The van der Waals surface area contributed by atoms with Gasteiger partial charge in [-0.1, -0.05) is 48.5 Å². The van der Waals surface area contributed by atoms with Crippen LogP contribution in [0, 0.1) is 10.1 Å². The van der Waals surface area contributed by atoms with Crippen molar-refractivity contribution in [3.8, 4) is 0 Å². The molecule has 1 aliphatic carbocycles. The van der Waals surface area contributed by atoms with Crippen LogP contribution >= 0.6 is 0 Å². The summed E-state index contributed by atoms with van der Waals surface area (Å²) in [6, 6.07) is 20.6. The largest absolute Gasteiger partial charge is 0.339 e. The highest BCUT2D eigenvalue weighted by Crippen LogP contribution is 2.34. The molecular formula is C23H16N2O4. The molecule has 3 aromatic carbocycles. The van der Waals surface area contributed by atoms with E-state index in [2.05, 4.69) is 0 Å². The first kappa shape index (κ1) is 18.3. The van der Waals surface area contributed by atoms with E-state index in [1.807, 2.05) is 30.3 Å². The number of ketones is 2. The highest BCUT2D eigenvalue weighted by atomic mass is 16.6. The molecule has 0 heterocycles. The lowest BCUT2D eigenvalue weighted by Gasteiger charge is -2.19. The molecule has 0 unspecified atom stereocenters. The number of hydrogen-bond donors (Lipinski definition) is 0. The third-order valence-corrected chi connectivity index (χ3v) is 4.92. The molecule has 0 aromatic heterocycles. The number of anilines is 2. The van der Waals surface area contributed by atoms with Gasteiger partial charge in [-0.05, 0) is 29.8 Å². The normalized spacial score (nSPS) is 12.7. The van der Waals surface area contributed by atoms with Gasteiger partial charge in [-0.25, -0.2) is 0 Å². The standard InChI is InChI=1S/C23H16N2O4/c1-24(16-7-3-2-4-8-16)20-12-11-15(14-21(20)25(28)29)13-19-22(26)17-9-5-6-10-18(17)23(19)27/h2-14H,1H3. The van der Waals surface area contributed by atoms with E-state index in [0.717, 1.165) is 5.69 Å². The number of nitrogens with zero attached hydrogens (tertiary/aromatic N) is 2. The third-order valence-electron chi connectivity index (χ3n) is 4.92. The van der Waals surface area contributed by atoms with Gasteiger partial charge in [0.25, 0.3) is 5.69 Å². The summed E-state index contributed by atoms with van der Waals surface area (Å²) >= 11 is 0. The lowest BCUT2D eigenvalue weighted by molar-refractivity contribution is -0.384. The summed E-state index contributed by atoms with van der Waals surface area (Å²) in [5.74, 6) is -0.725. The molecular weight excluding hydrogens is 368 g/mol. The van der Waals surface area contributed by atoms with Crippen molar-refractivity contribution in [2.75, 3.05) is 11.9 Å². The monoisotopic (exact) mass is 384 g/mol. The Morgan fingerprint density at radius 1 is 0.862 bits per heavy atom. The molecule has 0 fully saturated rings. The van der Waals surface area contributed by atoms with E-state index in [0.29, 0.717) is 22.4 Å². The van der Waals surface area contributed by atoms with Gasteiger partial charge in [0.1, 0.15) is 5.69 Å². The van der Waals surface area contributed by atoms with Crippen LogP contribution in [0.25, 0.3) is 6.08 Å². The van der Waals surface area contributed by atoms with Crippen LogP contribution in [-0.2, 0) is 0 Å². The van der Waals surface area contributed by atoms with Crippen LogP contribution in [0.15, 0.2) is 78.4 Å². The molecule has 0 saturated heterocycles. The summed E-state index contributed by atoms with van der Waals surface area (Å²) in [6.07, 6.45) is 1.42. The predicted octanol–water partition coefficient (Wildman–Crippen LogP) is 4.83. The van der Waals surface area contributed by atoms with Crippen LogP contribution in [0.2, 0.25) is 0 Å². The second-order valence-corrected chi connectivity index (χ2v) is 6.66. The van der Waals surface area contributed by atoms with Crippen molar-refractivity contribution >= 4 is 34.7 Å². The Morgan fingerprint density at radius 2 is 1.45 bits per heavy atom. The SMILES string of the molecule is CN(c1ccccc1)c1ccc(C=C2C(=O)c3ccccc3C2=O)cc1[N+](=O)[O-]. The topological polar surface area (TPSA) is 80.5 Å². The van der Waals surface area contributed by atoms with Gasteiger partial charge in [-0.2, -0.15) is 0 Å². The molecule has 6 heteroatoms. The molecule has 29 heavy (non-hydrogen) atoms. The van der Waals surface area contributed by atoms with E-state index in [-0.39, 0.29) is 22.8 Å². The number of nitro groups is 1. The minimum atomic E-state index is -0.468. The Bertz CT molecular complexity index is 1150. The maximum atomic E-state index is 12.6. The zero-order valence-corrected chi connectivity index (χ0v) is 15.5. The van der Waals surface area contributed by atoms with Crippen LogP contribution in [0.5, 0.6) is 0 Å². The van der Waals surface area contributed by atoms with Crippen molar-refractivity contribution in [3.63, 3.8) is 0 Å². The lowest BCUT2D eigenvalue weighted by Crippen LogP contribution is -2.11. The smallest absolute Gasteiger partial charge is 0.293 e. The number of benzene rings is 3. The number of carbonyl (C=O) groups is 2. The van der Waals surface area contributed by atoms with Crippen molar-refractivity contribution in [1.82, 2.24) is 0 Å². The summed E-state index contributed by atoms with van der Waals surface area (Å²) in [4.78, 5) is 38.0. The van der Waals surface area contributed by atoms with E-state index in [1.165, 1.54) is 12.1 Å². The van der Waals surface area contributed by atoms with Gasteiger partial charge in [0.2, 0.25) is 0 Å². The third kappa shape index (κ3) is 3.21. The Morgan fingerprint density at radius 3 is 2.03 bits per heavy atom. The number of carbonyl (C=O) groups excluding carboxylic acids is 2. The molecule has 6 nitrogen and oxygen atoms in total. The zero-order chi connectivity index (χ0) is 20.5. The molecule has 142 valence electrons. The molecule has 0 N–H and O–H groups in total. The van der Waals surface area contributed by atoms with Crippen molar-refractivity contribution in [2.24, 2.45) is 0 Å². The van der Waals surface area contributed by atoms with Crippen LogP contribution in [0.4, 0.5) is 17.1 Å². The molecule has 0 aliphatic heterocycles. The number of allylic oxidation sites excluding steroid dienone is 1. The number of Topliss-reactive ketones (excluding diaryl/α,β-unsaturated/α-hetero) is 2. The van der Waals surface area contributed by atoms with Crippen LogP contribution in [-0.4, -0.2) is 23.5 Å². The van der Waals surface area contributed by atoms with E-state index in [4.69, 9.17) is 0 Å². The molecule has 0 bridgehead atoms. The van der Waals surface area contributed by atoms with Crippen LogP contribution in [0.3, 0.4) is 0 Å². The molecule has 3 aromatic rings. The average molecular weight is 384 g/mol. The minimum absolute atomic E-state index is 0.0182. The van der Waals surface area contributed by atoms with Gasteiger partial charge < -0.3 is 4.90 Å². The van der Waals surface area contributed by atoms with E-state index in [9.17, 15) is 19.7 Å². The quantitative estimate of drug-likeness (QED) is 0.279. The molecule has 0 saturated carbocycles. The first-order chi connectivity index (χ1) is 14.0. The highest BCUT2D eigenvalue weighted by Gasteiger charge is 2.32.